The molecule has 0 heterocycles. The highest BCUT2D eigenvalue weighted by molar-refractivity contribution is 5.42. The van der Waals surface area contributed by atoms with Crippen LogP contribution in [0.1, 0.15) is 31.9 Å². The van der Waals surface area contributed by atoms with Crippen molar-refractivity contribution in [1.29, 1.82) is 5.26 Å². The first-order chi connectivity index (χ1) is 8.72. The van der Waals surface area contributed by atoms with Crippen molar-refractivity contribution in [3.8, 4) is 17.6 Å². The van der Waals surface area contributed by atoms with Crippen molar-refractivity contribution in [2.24, 2.45) is 0 Å². The first kappa shape index (κ1) is 14.3. The molecule has 4 nitrogen and oxygen atoms in total. The summed E-state index contributed by atoms with van der Waals surface area (Å²) in [4.78, 5) is 0. The standard InChI is InChI=1S/C14H20N2O2/c1-4-8-16-11(2)13-6-5-12(17-3)10-14(13)18-9-7-15/h5-6,10-11,16H,4,8-9H2,1-3H3. The van der Waals surface area contributed by atoms with Crippen LogP contribution >= 0.6 is 0 Å². The second-order valence-electron chi connectivity index (χ2n) is 4.03. The number of hydrogen-bond acceptors (Lipinski definition) is 4. The molecule has 0 fully saturated rings. The summed E-state index contributed by atoms with van der Waals surface area (Å²) in [5.74, 6) is 1.43. The van der Waals surface area contributed by atoms with Crippen LogP contribution in [0.3, 0.4) is 0 Å². The van der Waals surface area contributed by atoms with Gasteiger partial charge in [0, 0.05) is 17.7 Å². The second-order valence-corrected chi connectivity index (χ2v) is 4.03. The molecule has 0 amide bonds. The van der Waals surface area contributed by atoms with Crippen LogP contribution in [0.15, 0.2) is 18.2 Å². The lowest BCUT2D eigenvalue weighted by atomic mass is 10.1. The Labute approximate surface area is 109 Å². The third-order valence-electron chi connectivity index (χ3n) is 2.68. The van der Waals surface area contributed by atoms with E-state index in [1.165, 1.54) is 0 Å². The molecule has 18 heavy (non-hydrogen) atoms. The quantitative estimate of drug-likeness (QED) is 0.806. The average Bonchev–Trinajstić information content (AvgIpc) is 2.42. The van der Waals surface area contributed by atoms with E-state index in [0.29, 0.717) is 5.75 Å². The lowest BCUT2D eigenvalue weighted by Gasteiger charge is -2.18. The minimum atomic E-state index is 0.0423. The molecule has 0 aliphatic carbocycles. The zero-order valence-corrected chi connectivity index (χ0v) is 11.2. The van der Waals surface area contributed by atoms with Crippen molar-refractivity contribution in [2.75, 3.05) is 20.3 Å². The molecule has 0 aromatic heterocycles. The van der Waals surface area contributed by atoms with Gasteiger partial charge in [0.15, 0.2) is 6.61 Å². The van der Waals surface area contributed by atoms with Crippen LogP contribution in [-0.4, -0.2) is 20.3 Å². The van der Waals surface area contributed by atoms with Crippen LogP contribution in [0.2, 0.25) is 0 Å². The Hall–Kier alpha value is -1.73. The fourth-order valence-electron chi connectivity index (χ4n) is 1.71. The molecule has 0 saturated heterocycles. The smallest absolute Gasteiger partial charge is 0.174 e. The van der Waals surface area contributed by atoms with Crippen LogP contribution in [0.4, 0.5) is 0 Å². The molecule has 1 unspecified atom stereocenters. The van der Waals surface area contributed by atoms with Gasteiger partial charge in [-0.15, -0.1) is 0 Å². The van der Waals surface area contributed by atoms with Gasteiger partial charge in [-0.25, -0.2) is 0 Å². The summed E-state index contributed by atoms with van der Waals surface area (Å²) in [5, 5.41) is 12.0. The summed E-state index contributed by atoms with van der Waals surface area (Å²) in [7, 11) is 1.61. The van der Waals surface area contributed by atoms with Gasteiger partial charge >= 0.3 is 0 Å². The Morgan fingerprint density at radius 1 is 1.44 bits per heavy atom. The van der Waals surface area contributed by atoms with E-state index < -0.39 is 0 Å². The van der Waals surface area contributed by atoms with Gasteiger partial charge in [-0.2, -0.15) is 5.26 Å². The van der Waals surface area contributed by atoms with Crippen molar-refractivity contribution in [1.82, 2.24) is 5.32 Å². The van der Waals surface area contributed by atoms with Crippen molar-refractivity contribution in [3.05, 3.63) is 23.8 Å². The van der Waals surface area contributed by atoms with Gasteiger partial charge in [0.2, 0.25) is 0 Å². The van der Waals surface area contributed by atoms with E-state index in [2.05, 4.69) is 19.2 Å². The van der Waals surface area contributed by atoms with Crippen LogP contribution in [-0.2, 0) is 0 Å². The number of methoxy groups -OCH3 is 1. The summed E-state index contributed by atoms with van der Waals surface area (Å²) in [6.07, 6.45) is 1.08. The highest BCUT2D eigenvalue weighted by Crippen LogP contribution is 2.29. The fourth-order valence-corrected chi connectivity index (χ4v) is 1.71. The SMILES string of the molecule is CCCNC(C)c1ccc(OC)cc1OCC#N. The minimum absolute atomic E-state index is 0.0423. The van der Waals surface area contributed by atoms with Crippen molar-refractivity contribution < 1.29 is 9.47 Å². The molecule has 1 N–H and O–H groups in total. The molecule has 0 radical (unpaired) electrons. The van der Waals surface area contributed by atoms with E-state index in [0.717, 1.165) is 24.3 Å². The normalized spacial score (nSPS) is 11.7. The van der Waals surface area contributed by atoms with Crippen LogP contribution in [0, 0.1) is 11.3 Å². The molecule has 1 aromatic carbocycles. The molecule has 1 aromatic rings. The van der Waals surface area contributed by atoms with E-state index in [-0.39, 0.29) is 12.6 Å². The Balaban J connectivity index is 2.90. The van der Waals surface area contributed by atoms with Gasteiger partial charge in [0.25, 0.3) is 0 Å². The summed E-state index contributed by atoms with van der Waals surface area (Å²) < 4.78 is 10.6. The lowest BCUT2D eigenvalue weighted by Crippen LogP contribution is -2.20. The van der Waals surface area contributed by atoms with Crippen LogP contribution in [0.25, 0.3) is 0 Å². The highest BCUT2D eigenvalue weighted by Gasteiger charge is 2.12. The molecular weight excluding hydrogens is 228 g/mol. The molecule has 1 rings (SSSR count). The topological polar surface area (TPSA) is 54.3 Å². The van der Waals surface area contributed by atoms with E-state index >= 15 is 0 Å². The minimum Gasteiger partial charge on any atom is -0.497 e. The van der Waals surface area contributed by atoms with Crippen molar-refractivity contribution in [3.63, 3.8) is 0 Å². The van der Waals surface area contributed by atoms with Crippen molar-refractivity contribution in [2.45, 2.75) is 26.3 Å². The number of ether oxygens (including phenoxy) is 2. The van der Waals surface area contributed by atoms with Crippen LogP contribution < -0.4 is 14.8 Å². The summed E-state index contributed by atoms with van der Waals surface area (Å²) in [6, 6.07) is 7.85. The molecule has 0 saturated carbocycles. The number of rotatable bonds is 7. The largest absolute Gasteiger partial charge is 0.497 e. The van der Waals surface area contributed by atoms with Gasteiger partial charge in [0.05, 0.1) is 7.11 Å². The molecule has 0 bridgehead atoms. The maximum atomic E-state index is 8.60. The molecule has 0 aliphatic rings. The molecule has 0 spiro atoms. The van der Waals surface area contributed by atoms with Gasteiger partial charge in [-0.3, -0.25) is 0 Å². The zero-order valence-electron chi connectivity index (χ0n) is 11.2. The molecule has 0 aliphatic heterocycles. The maximum Gasteiger partial charge on any atom is 0.174 e. The number of nitriles is 1. The van der Waals surface area contributed by atoms with E-state index in [4.69, 9.17) is 14.7 Å². The zero-order chi connectivity index (χ0) is 13.4. The van der Waals surface area contributed by atoms with Gasteiger partial charge < -0.3 is 14.8 Å². The Bertz CT molecular complexity index is 413. The number of nitrogens with zero attached hydrogens (tertiary/aromatic N) is 1. The molecule has 4 heteroatoms. The first-order valence-electron chi connectivity index (χ1n) is 6.14. The Morgan fingerprint density at radius 3 is 2.83 bits per heavy atom. The molecular formula is C14H20N2O2. The van der Waals surface area contributed by atoms with E-state index in [9.17, 15) is 0 Å². The fraction of sp³-hybridized carbons (Fsp3) is 0.500. The second kappa shape index (κ2) is 7.57. The molecule has 1 atom stereocenters. The monoisotopic (exact) mass is 248 g/mol. The Kier molecular flexibility index (Phi) is 6.03. The maximum absolute atomic E-state index is 8.60. The third kappa shape index (κ3) is 3.94. The van der Waals surface area contributed by atoms with Gasteiger partial charge in [0.1, 0.15) is 17.6 Å². The van der Waals surface area contributed by atoms with E-state index in [1.54, 1.807) is 7.11 Å². The van der Waals surface area contributed by atoms with Gasteiger partial charge in [-0.05, 0) is 26.0 Å². The van der Waals surface area contributed by atoms with E-state index in [1.807, 2.05) is 24.3 Å². The average molecular weight is 248 g/mol. The lowest BCUT2D eigenvalue weighted by molar-refractivity contribution is 0.352. The molecule has 98 valence electrons. The number of nitrogens with one attached hydrogen (secondary N) is 1. The number of hydrogen-bond donors (Lipinski definition) is 1. The first-order valence-corrected chi connectivity index (χ1v) is 6.14. The number of benzene rings is 1. The van der Waals surface area contributed by atoms with Crippen LogP contribution in [0.5, 0.6) is 11.5 Å². The van der Waals surface area contributed by atoms with Crippen molar-refractivity contribution >= 4 is 0 Å². The predicted molar refractivity (Wildman–Crippen MR) is 70.8 cm³/mol. The highest BCUT2D eigenvalue weighted by atomic mass is 16.5. The van der Waals surface area contributed by atoms with Gasteiger partial charge in [-0.1, -0.05) is 13.0 Å². The predicted octanol–water partition coefficient (Wildman–Crippen LogP) is 2.66. The Morgan fingerprint density at radius 2 is 2.22 bits per heavy atom. The third-order valence-corrected chi connectivity index (χ3v) is 2.68. The summed E-state index contributed by atoms with van der Waals surface area (Å²) in [6.45, 7) is 5.20. The summed E-state index contributed by atoms with van der Waals surface area (Å²) in [5.41, 5.74) is 1.04. The summed E-state index contributed by atoms with van der Waals surface area (Å²) >= 11 is 0.